The maximum Gasteiger partial charge on any atom is 0.338 e. The molecule has 2 N–H and O–H groups in total. The molecular formula is C14H17N3O3. The average Bonchev–Trinajstić information content (AvgIpc) is 2.47. The van der Waals surface area contributed by atoms with Crippen LogP contribution in [0.5, 0.6) is 0 Å². The minimum Gasteiger partial charge on any atom is -0.462 e. The van der Waals surface area contributed by atoms with Crippen molar-refractivity contribution in [3.8, 4) is 0 Å². The molecule has 1 saturated heterocycles. The number of hydrogen-bond acceptors (Lipinski definition) is 5. The van der Waals surface area contributed by atoms with Crippen molar-refractivity contribution in [3.63, 3.8) is 0 Å². The first-order valence-electron chi connectivity index (χ1n) is 6.58. The van der Waals surface area contributed by atoms with Crippen LogP contribution in [-0.2, 0) is 9.53 Å². The molecule has 6 nitrogen and oxygen atoms in total. The number of amides is 1. The fourth-order valence-electron chi connectivity index (χ4n) is 1.81. The average molecular weight is 275 g/mol. The van der Waals surface area contributed by atoms with Crippen molar-refractivity contribution in [2.24, 2.45) is 5.10 Å². The Hall–Kier alpha value is -2.37. The first kappa shape index (κ1) is 14.0. The molecule has 0 unspecified atom stereocenters. The number of nitrogens with zero attached hydrogens (tertiary/aromatic N) is 1. The molecule has 20 heavy (non-hydrogen) atoms. The van der Waals surface area contributed by atoms with Crippen LogP contribution < -0.4 is 10.7 Å². The Kier molecular flexibility index (Phi) is 4.70. The van der Waals surface area contributed by atoms with Crippen molar-refractivity contribution in [1.82, 2.24) is 5.32 Å². The van der Waals surface area contributed by atoms with Crippen molar-refractivity contribution < 1.29 is 14.3 Å². The molecule has 0 atom stereocenters. The van der Waals surface area contributed by atoms with E-state index in [1.165, 1.54) is 0 Å². The van der Waals surface area contributed by atoms with E-state index in [9.17, 15) is 9.59 Å². The second kappa shape index (κ2) is 6.70. The van der Waals surface area contributed by atoms with Crippen molar-refractivity contribution in [2.45, 2.75) is 19.8 Å². The number of anilines is 1. The molecule has 0 saturated carbocycles. The second-order valence-electron chi connectivity index (χ2n) is 4.33. The summed E-state index contributed by atoms with van der Waals surface area (Å²) in [6.45, 7) is 2.81. The number of benzene rings is 1. The maximum absolute atomic E-state index is 11.5. The maximum atomic E-state index is 11.5. The van der Waals surface area contributed by atoms with E-state index in [4.69, 9.17) is 4.74 Å². The summed E-state index contributed by atoms with van der Waals surface area (Å²) in [6.07, 6.45) is 1.56. The minimum atomic E-state index is -0.350. The molecule has 1 aliphatic heterocycles. The Labute approximate surface area is 117 Å². The van der Waals surface area contributed by atoms with Gasteiger partial charge in [-0.1, -0.05) is 0 Å². The van der Waals surface area contributed by atoms with E-state index >= 15 is 0 Å². The topological polar surface area (TPSA) is 79.8 Å². The summed E-state index contributed by atoms with van der Waals surface area (Å²) in [7, 11) is 0. The standard InChI is InChI=1S/C14H17N3O3/c1-2-20-14(19)10-5-7-11(8-6-10)16-17-12-4-3-9-15-13(12)18/h5-8,16H,2-4,9H2,1H3,(H,15,18)/b17-12-. The van der Waals surface area contributed by atoms with Gasteiger partial charge in [0.15, 0.2) is 0 Å². The number of piperidine rings is 1. The van der Waals surface area contributed by atoms with Crippen LogP contribution in [0.4, 0.5) is 5.69 Å². The largest absolute Gasteiger partial charge is 0.462 e. The van der Waals surface area contributed by atoms with E-state index in [1.54, 1.807) is 31.2 Å². The molecule has 1 aromatic carbocycles. The third-order valence-corrected chi connectivity index (χ3v) is 2.85. The van der Waals surface area contributed by atoms with E-state index in [-0.39, 0.29) is 11.9 Å². The van der Waals surface area contributed by atoms with E-state index in [1.807, 2.05) is 0 Å². The number of hydrogen-bond donors (Lipinski definition) is 2. The van der Waals surface area contributed by atoms with Gasteiger partial charge in [-0.05, 0) is 44.0 Å². The Morgan fingerprint density at radius 2 is 2.15 bits per heavy atom. The van der Waals surface area contributed by atoms with Gasteiger partial charge in [0.2, 0.25) is 0 Å². The fraction of sp³-hybridized carbons (Fsp3) is 0.357. The van der Waals surface area contributed by atoms with Crippen LogP contribution in [0, 0.1) is 0 Å². The Bertz CT molecular complexity index is 523. The van der Waals surface area contributed by atoms with Crippen molar-refractivity contribution in [1.29, 1.82) is 0 Å². The molecule has 106 valence electrons. The monoisotopic (exact) mass is 275 g/mol. The lowest BCUT2D eigenvalue weighted by atomic mass is 10.1. The molecule has 0 aliphatic carbocycles. The van der Waals surface area contributed by atoms with Gasteiger partial charge >= 0.3 is 5.97 Å². The molecule has 1 amide bonds. The highest BCUT2D eigenvalue weighted by Gasteiger charge is 2.15. The second-order valence-corrected chi connectivity index (χ2v) is 4.33. The van der Waals surface area contributed by atoms with Gasteiger partial charge in [-0.3, -0.25) is 10.2 Å². The van der Waals surface area contributed by atoms with Crippen LogP contribution >= 0.6 is 0 Å². The predicted octanol–water partition coefficient (Wildman–Crippen LogP) is 1.54. The Morgan fingerprint density at radius 3 is 2.80 bits per heavy atom. The van der Waals surface area contributed by atoms with Crippen molar-refractivity contribution >= 4 is 23.3 Å². The summed E-state index contributed by atoms with van der Waals surface area (Å²) < 4.78 is 4.90. The zero-order chi connectivity index (χ0) is 14.4. The van der Waals surface area contributed by atoms with Gasteiger partial charge in [0, 0.05) is 6.54 Å². The highest BCUT2D eigenvalue weighted by Crippen LogP contribution is 2.11. The smallest absolute Gasteiger partial charge is 0.338 e. The number of rotatable bonds is 4. The Morgan fingerprint density at radius 1 is 1.40 bits per heavy atom. The third kappa shape index (κ3) is 3.57. The lowest BCUT2D eigenvalue weighted by Crippen LogP contribution is -2.37. The van der Waals surface area contributed by atoms with Gasteiger partial charge < -0.3 is 10.1 Å². The van der Waals surface area contributed by atoms with Gasteiger partial charge in [-0.2, -0.15) is 5.10 Å². The summed E-state index contributed by atoms with van der Waals surface area (Å²) in [5.41, 5.74) is 4.51. The molecule has 0 spiro atoms. The zero-order valence-corrected chi connectivity index (χ0v) is 11.3. The molecule has 1 fully saturated rings. The molecule has 0 aromatic heterocycles. The molecular weight excluding hydrogens is 258 g/mol. The van der Waals surface area contributed by atoms with Gasteiger partial charge in [0.25, 0.3) is 5.91 Å². The van der Waals surface area contributed by atoms with Gasteiger partial charge in [0.1, 0.15) is 5.71 Å². The van der Waals surface area contributed by atoms with E-state index in [2.05, 4.69) is 15.8 Å². The summed E-state index contributed by atoms with van der Waals surface area (Å²) in [6, 6.07) is 6.75. The van der Waals surface area contributed by atoms with Crippen LogP contribution in [0.25, 0.3) is 0 Å². The highest BCUT2D eigenvalue weighted by atomic mass is 16.5. The van der Waals surface area contributed by atoms with Gasteiger partial charge in [-0.15, -0.1) is 0 Å². The van der Waals surface area contributed by atoms with Crippen LogP contribution in [0.3, 0.4) is 0 Å². The number of hydrazone groups is 1. The molecule has 1 heterocycles. The summed E-state index contributed by atoms with van der Waals surface area (Å²) in [5.74, 6) is -0.482. The third-order valence-electron chi connectivity index (χ3n) is 2.85. The quantitative estimate of drug-likeness (QED) is 0.645. The lowest BCUT2D eigenvalue weighted by molar-refractivity contribution is -0.115. The summed E-state index contributed by atoms with van der Waals surface area (Å²) >= 11 is 0. The van der Waals surface area contributed by atoms with E-state index < -0.39 is 0 Å². The SMILES string of the molecule is CCOC(=O)c1ccc(N/N=C2/CCCNC2=O)cc1. The van der Waals surface area contributed by atoms with Gasteiger partial charge in [-0.25, -0.2) is 4.79 Å². The minimum absolute atomic E-state index is 0.133. The predicted molar refractivity (Wildman–Crippen MR) is 75.7 cm³/mol. The molecule has 1 aliphatic rings. The van der Waals surface area contributed by atoms with E-state index in [0.717, 1.165) is 6.42 Å². The molecule has 6 heteroatoms. The van der Waals surface area contributed by atoms with Gasteiger partial charge in [0.05, 0.1) is 17.9 Å². The zero-order valence-electron chi connectivity index (χ0n) is 11.3. The number of carbonyl (C=O) groups is 2. The highest BCUT2D eigenvalue weighted by molar-refractivity contribution is 6.39. The first-order chi connectivity index (χ1) is 9.70. The van der Waals surface area contributed by atoms with Crippen LogP contribution in [0.2, 0.25) is 0 Å². The van der Waals surface area contributed by atoms with Crippen LogP contribution in [0.15, 0.2) is 29.4 Å². The van der Waals surface area contributed by atoms with Crippen molar-refractivity contribution in [3.05, 3.63) is 29.8 Å². The fourth-order valence-corrected chi connectivity index (χ4v) is 1.81. The molecule has 0 bridgehead atoms. The first-order valence-corrected chi connectivity index (χ1v) is 6.58. The molecule has 1 aromatic rings. The number of esters is 1. The Balaban J connectivity index is 1.98. The van der Waals surface area contributed by atoms with Crippen molar-refractivity contribution in [2.75, 3.05) is 18.6 Å². The number of nitrogens with one attached hydrogen (secondary N) is 2. The lowest BCUT2D eigenvalue weighted by Gasteiger charge is -2.13. The summed E-state index contributed by atoms with van der Waals surface area (Å²) in [4.78, 5) is 23.0. The van der Waals surface area contributed by atoms with E-state index in [0.29, 0.717) is 36.5 Å². The molecule has 0 radical (unpaired) electrons. The number of carbonyl (C=O) groups excluding carboxylic acids is 2. The molecule has 2 rings (SSSR count). The number of ether oxygens (including phenoxy) is 1. The normalized spacial score (nSPS) is 16.6. The van der Waals surface area contributed by atoms with Crippen LogP contribution in [0.1, 0.15) is 30.1 Å². The summed E-state index contributed by atoms with van der Waals surface area (Å²) in [5, 5.41) is 6.82. The van der Waals surface area contributed by atoms with Crippen LogP contribution in [-0.4, -0.2) is 30.7 Å².